The molecule has 7 aromatic carbocycles. The third kappa shape index (κ3) is 3.85. The van der Waals surface area contributed by atoms with E-state index in [9.17, 15) is 0 Å². The predicted molar refractivity (Wildman–Crippen MR) is 210 cm³/mol. The van der Waals surface area contributed by atoms with Crippen LogP contribution in [0.3, 0.4) is 0 Å². The molecule has 11 rings (SSSR count). The van der Waals surface area contributed by atoms with E-state index in [1.807, 2.05) is 12.1 Å². The lowest BCUT2D eigenvalue weighted by Crippen LogP contribution is -2.15. The molecule has 10 aromatic rings. The summed E-state index contributed by atoms with van der Waals surface area (Å²) in [5.41, 5.74) is 14.1. The van der Waals surface area contributed by atoms with Crippen LogP contribution in [0.5, 0.6) is 0 Å². The first kappa shape index (κ1) is 28.3. The molecule has 0 unspecified atom stereocenters. The molecule has 1 aliphatic rings. The van der Waals surface area contributed by atoms with Gasteiger partial charge in [-0.05, 0) is 47.0 Å². The van der Waals surface area contributed by atoms with E-state index in [0.29, 0.717) is 5.82 Å². The molecule has 240 valence electrons. The average Bonchev–Trinajstić information content (AvgIpc) is 3.80. The molecule has 0 aliphatic heterocycles. The number of para-hydroxylation sites is 3. The first-order chi connectivity index (χ1) is 25.1. The Hall–Kier alpha value is -6.52. The largest absolute Gasteiger partial charge is 0.455 e. The summed E-state index contributed by atoms with van der Waals surface area (Å²) in [7, 11) is 0. The van der Waals surface area contributed by atoms with Gasteiger partial charge < -0.3 is 8.98 Å². The normalized spacial score (nSPS) is 13.5. The van der Waals surface area contributed by atoms with Crippen LogP contribution >= 0.6 is 0 Å². The van der Waals surface area contributed by atoms with Crippen LogP contribution in [-0.4, -0.2) is 14.5 Å². The number of nitrogens with zero attached hydrogens (tertiary/aromatic N) is 3. The van der Waals surface area contributed by atoms with Gasteiger partial charge in [0.15, 0.2) is 5.82 Å². The minimum Gasteiger partial charge on any atom is -0.455 e. The number of benzene rings is 7. The van der Waals surface area contributed by atoms with E-state index < -0.39 is 0 Å². The molecular formula is C47H31N3O. The van der Waals surface area contributed by atoms with E-state index >= 15 is 0 Å². The van der Waals surface area contributed by atoms with Gasteiger partial charge in [0.25, 0.3) is 0 Å². The van der Waals surface area contributed by atoms with Gasteiger partial charge >= 0.3 is 0 Å². The summed E-state index contributed by atoms with van der Waals surface area (Å²) < 4.78 is 9.34. The Bertz CT molecular complexity index is 3060. The molecule has 0 N–H and O–H groups in total. The number of hydrogen-bond acceptors (Lipinski definition) is 3. The molecular weight excluding hydrogens is 623 g/mol. The molecule has 0 fully saturated rings. The highest BCUT2D eigenvalue weighted by molar-refractivity contribution is 6.29. The van der Waals surface area contributed by atoms with Gasteiger partial charge in [-0.15, -0.1) is 0 Å². The number of aromatic nitrogens is 3. The number of hydrogen-bond donors (Lipinski definition) is 0. The predicted octanol–water partition coefficient (Wildman–Crippen LogP) is 12.3. The van der Waals surface area contributed by atoms with Crippen LogP contribution in [0.1, 0.15) is 25.0 Å². The van der Waals surface area contributed by atoms with Gasteiger partial charge in [-0.25, -0.2) is 9.97 Å². The van der Waals surface area contributed by atoms with Crippen LogP contribution in [0.15, 0.2) is 156 Å². The second kappa shape index (κ2) is 10.3. The summed E-state index contributed by atoms with van der Waals surface area (Å²) in [6, 6.07) is 53.5. The van der Waals surface area contributed by atoms with Crippen molar-refractivity contribution in [2.75, 3.05) is 0 Å². The molecule has 0 radical (unpaired) electrons. The standard InChI is InChI=1S/C47H31N3O/c1-47(2)35-23-10-6-19-31(35)39-42(47)40-34-22-9-13-26-38(34)51-45(40)41-33-21-8-12-25-37(33)50(44(39)41)30-18-14-17-29(27-30)46-48-36-24-11-7-20-32(36)43(49-46)28-15-4-3-5-16-28/h3-27H,1-2H3. The quantitative estimate of drug-likeness (QED) is 0.191. The molecule has 51 heavy (non-hydrogen) atoms. The van der Waals surface area contributed by atoms with E-state index in [-0.39, 0.29) is 5.41 Å². The summed E-state index contributed by atoms with van der Waals surface area (Å²) in [5.74, 6) is 0.701. The van der Waals surface area contributed by atoms with Crippen molar-refractivity contribution in [2.45, 2.75) is 19.3 Å². The third-order valence-electron chi connectivity index (χ3n) is 10.9. The van der Waals surface area contributed by atoms with Crippen LogP contribution in [0.4, 0.5) is 0 Å². The van der Waals surface area contributed by atoms with Crippen molar-refractivity contribution in [1.82, 2.24) is 14.5 Å². The zero-order chi connectivity index (χ0) is 33.8. The Morgan fingerprint density at radius 1 is 0.588 bits per heavy atom. The lowest BCUT2D eigenvalue weighted by atomic mass is 9.80. The van der Waals surface area contributed by atoms with E-state index in [1.54, 1.807) is 0 Å². The Labute approximate surface area is 294 Å². The van der Waals surface area contributed by atoms with E-state index in [2.05, 4.69) is 158 Å². The Morgan fingerprint density at radius 2 is 1.29 bits per heavy atom. The first-order valence-electron chi connectivity index (χ1n) is 17.5. The fourth-order valence-corrected chi connectivity index (χ4v) is 8.76. The maximum absolute atomic E-state index is 6.90. The molecule has 4 nitrogen and oxygen atoms in total. The van der Waals surface area contributed by atoms with Crippen LogP contribution in [0.25, 0.3) is 94.1 Å². The zero-order valence-electron chi connectivity index (χ0n) is 28.2. The van der Waals surface area contributed by atoms with Crippen LogP contribution in [-0.2, 0) is 5.41 Å². The molecule has 0 spiro atoms. The SMILES string of the molecule is CC1(C)c2ccccc2-c2c1c1c3ccccc3oc1c1c3ccccc3n(-c3cccc(-c4nc(-c5ccccc5)c5ccccc5n4)c3)c21. The minimum atomic E-state index is -0.235. The van der Waals surface area contributed by atoms with Crippen molar-refractivity contribution in [3.63, 3.8) is 0 Å². The molecule has 0 atom stereocenters. The Morgan fingerprint density at radius 3 is 2.18 bits per heavy atom. The summed E-state index contributed by atoms with van der Waals surface area (Å²) in [6.07, 6.45) is 0. The summed E-state index contributed by atoms with van der Waals surface area (Å²) in [4.78, 5) is 10.3. The summed E-state index contributed by atoms with van der Waals surface area (Å²) in [6.45, 7) is 4.72. The van der Waals surface area contributed by atoms with Crippen LogP contribution < -0.4 is 0 Å². The fraction of sp³-hybridized carbons (Fsp3) is 0.0638. The lowest BCUT2D eigenvalue weighted by Gasteiger charge is -2.22. The van der Waals surface area contributed by atoms with Crippen molar-refractivity contribution in [3.05, 3.63) is 163 Å². The fourth-order valence-electron chi connectivity index (χ4n) is 8.76. The monoisotopic (exact) mass is 653 g/mol. The zero-order valence-corrected chi connectivity index (χ0v) is 28.2. The Balaban J connectivity index is 1.26. The maximum atomic E-state index is 6.90. The van der Waals surface area contributed by atoms with Gasteiger partial charge in [0.1, 0.15) is 11.2 Å². The van der Waals surface area contributed by atoms with Gasteiger partial charge in [-0.3, -0.25) is 0 Å². The van der Waals surface area contributed by atoms with Crippen LogP contribution in [0.2, 0.25) is 0 Å². The van der Waals surface area contributed by atoms with Gasteiger partial charge in [0.05, 0.1) is 27.6 Å². The van der Waals surface area contributed by atoms with Crippen LogP contribution in [0, 0.1) is 0 Å². The van der Waals surface area contributed by atoms with E-state index in [4.69, 9.17) is 14.4 Å². The molecule has 0 saturated carbocycles. The minimum absolute atomic E-state index is 0.235. The van der Waals surface area contributed by atoms with Crippen molar-refractivity contribution in [2.24, 2.45) is 0 Å². The van der Waals surface area contributed by atoms with Crippen molar-refractivity contribution in [1.29, 1.82) is 0 Å². The lowest BCUT2D eigenvalue weighted by molar-refractivity contribution is 0.659. The molecule has 0 bridgehead atoms. The topological polar surface area (TPSA) is 43.9 Å². The van der Waals surface area contributed by atoms with Gasteiger partial charge in [-0.1, -0.05) is 135 Å². The van der Waals surface area contributed by atoms with Gasteiger partial charge in [-0.2, -0.15) is 0 Å². The maximum Gasteiger partial charge on any atom is 0.160 e. The summed E-state index contributed by atoms with van der Waals surface area (Å²) >= 11 is 0. The van der Waals surface area contributed by atoms with Gasteiger partial charge in [0, 0.05) is 49.3 Å². The smallest absolute Gasteiger partial charge is 0.160 e. The highest BCUT2D eigenvalue weighted by atomic mass is 16.3. The van der Waals surface area contributed by atoms with E-state index in [0.717, 1.165) is 66.4 Å². The number of fused-ring (bicyclic) bond motifs is 13. The average molecular weight is 654 g/mol. The van der Waals surface area contributed by atoms with Crippen molar-refractivity contribution in [3.8, 4) is 39.5 Å². The molecule has 3 aromatic heterocycles. The molecule has 3 heterocycles. The third-order valence-corrected chi connectivity index (χ3v) is 10.9. The molecule has 4 heteroatoms. The number of furan rings is 1. The highest BCUT2D eigenvalue weighted by Crippen LogP contribution is 2.57. The second-order valence-corrected chi connectivity index (χ2v) is 14.1. The van der Waals surface area contributed by atoms with Crippen molar-refractivity contribution < 1.29 is 4.42 Å². The first-order valence-corrected chi connectivity index (χ1v) is 17.5. The molecule has 0 amide bonds. The highest BCUT2D eigenvalue weighted by Gasteiger charge is 2.41. The number of rotatable bonds is 3. The van der Waals surface area contributed by atoms with Crippen molar-refractivity contribution >= 4 is 54.6 Å². The van der Waals surface area contributed by atoms with Gasteiger partial charge in [0.2, 0.25) is 0 Å². The Kier molecular flexibility index (Phi) is 5.70. The van der Waals surface area contributed by atoms with E-state index in [1.165, 1.54) is 33.0 Å². The molecule has 0 saturated heterocycles. The molecule has 1 aliphatic carbocycles. The summed E-state index contributed by atoms with van der Waals surface area (Å²) in [5, 5.41) is 5.72. The second-order valence-electron chi connectivity index (χ2n) is 14.1.